The summed E-state index contributed by atoms with van der Waals surface area (Å²) >= 11 is 0. The second-order valence-electron chi connectivity index (χ2n) is 4.21. The molecule has 1 aromatic rings. The lowest BCUT2D eigenvalue weighted by molar-refractivity contribution is 0.377. The van der Waals surface area contributed by atoms with E-state index in [1.165, 1.54) is 5.56 Å². The lowest BCUT2D eigenvalue weighted by Crippen LogP contribution is -2.25. The predicted octanol–water partition coefficient (Wildman–Crippen LogP) is 3.99. The molecule has 1 rings (SSSR count). The van der Waals surface area contributed by atoms with Crippen LogP contribution in [0.5, 0.6) is 0 Å². The molecule has 1 heteroatoms. The number of hydrogen-bond donors (Lipinski definition) is 0. The fraction of sp³-hybridized carbons (Fsp3) is 0.333. The van der Waals surface area contributed by atoms with Crippen LogP contribution in [0.2, 0.25) is 0 Å². The van der Waals surface area contributed by atoms with Crippen LogP contribution in [-0.4, -0.2) is 10.9 Å². The van der Waals surface area contributed by atoms with Gasteiger partial charge in [-0.15, -0.1) is 0 Å². The van der Waals surface area contributed by atoms with Crippen LogP contribution in [0.4, 0.5) is 0 Å². The summed E-state index contributed by atoms with van der Waals surface area (Å²) in [4.78, 5) is 2.22. The zero-order valence-electron chi connectivity index (χ0n) is 10.5. The maximum Gasteiger partial charge on any atom is 0.0276 e. The Morgan fingerprint density at radius 1 is 1.31 bits per heavy atom. The van der Waals surface area contributed by atoms with Crippen molar-refractivity contribution in [2.24, 2.45) is 0 Å². The first-order valence-electron chi connectivity index (χ1n) is 5.78. The van der Waals surface area contributed by atoms with Crippen molar-refractivity contribution in [3.63, 3.8) is 0 Å². The van der Waals surface area contributed by atoms with Gasteiger partial charge in [-0.05, 0) is 32.5 Å². The Balaban J connectivity index is 2.70. The van der Waals surface area contributed by atoms with Crippen molar-refractivity contribution in [2.75, 3.05) is 0 Å². The van der Waals surface area contributed by atoms with Crippen molar-refractivity contribution in [1.29, 1.82) is 0 Å². The van der Waals surface area contributed by atoms with Gasteiger partial charge in [-0.1, -0.05) is 43.0 Å². The minimum atomic E-state index is 0.451. The summed E-state index contributed by atoms with van der Waals surface area (Å²) < 4.78 is 0. The summed E-state index contributed by atoms with van der Waals surface area (Å²) in [5.41, 5.74) is 2.45. The SMILES string of the molecule is C=C(Cc1ccccc1)N(/C=C\C)C(C)C. The Morgan fingerprint density at radius 3 is 2.44 bits per heavy atom. The molecule has 0 aliphatic rings. The summed E-state index contributed by atoms with van der Waals surface area (Å²) in [7, 11) is 0. The number of nitrogens with zero attached hydrogens (tertiary/aromatic N) is 1. The van der Waals surface area contributed by atoms with E-state index in [0.29, 0.717) is 6.04 Å². The second kappa shape index (κ2) is 6.16. The topological polar surface area (TPSA) is 3.24 Å². The molecule has 86 valence electrons. The van der Waals surface area contributed by atoms with Crippen molar-refractivity contribution in [3.8, 4) is 0 Å². The van der Waals surface area contributed by atoms with Gasteiger partial charge in [0.2, 0.25) is 0 Å². The van der Waals surface area contributed by atoms with Crippen molar-refractivity contribution >= 4 is 0 Å². The summed E-state index contributed by atoms with van der Waals surface area (Å²) in [5, 5.41) is 0. The second-order valence-corrected chi connectivity index (χ2v) is 4.21. The maximum atomic E-state index is 4.16. The highest BCUT2D eigenvalue weighted by Gasteiger charge is 2.08. The molecule has 1 nitrogen and oxygen atoms in total. The van der Waals surface area contributed by atoms with Gasteiger partial charge in [0.25, 0.3) is 0 Å². The van der Waals surface area contributed by atoms with Gasteiger partial charge in [0.15, 0.2) is 0 Å². The van der Waals surface area contributed by atoms with Crippen LogP contribution in [0.25, 0.3) is 0 Å². The number of allylic oxidation sites excluding steroid dienone is 2. The third-order valence-corrected chi connectivity index (χ3v) is 2.48. The van der Waals surface area contributed by atoms with Crippen molar-refractivity contribution < 1.29 is 0 Å². The Hall–Kier alpha value is -1.50. The summed E-state index contributed by atoms with van der Waals surface area (Å²) in [5.74, 6) is 0. The molecule has 0 bridgehead atoms. The van der Waals surface area contributed by atoms with Gasteiger partial charge in [-0.25, -0.2) is 0 Å². The van der Waals surface area contributed by atoms with E-state index in [9.17, 15) is 0 Å². The zero-order chi connectivity index (χ0) is 12.0. The minimum Gasteiger partial charge on any atom is -0.350 e. The number of benzene rings is 1. The van der Waals surface area contributed by atoms with Gasteiger partial charge in [0.1, 0.15) is 0 Å². The highest BCUT2D eigenvalue weighted by Crippen LogP contribution is 2.14. The maximum absolute atomic E-state index is 4.16. The van der Waals surface area contributed by atoms with Gasteiger partial charge >= 0.3 is 0 Å². The number of hydrogen-bond acceptors (Lipinski definition) is 1. The molecule has 0 atom stereocenters. The van der Waals surface area contributed by atoms with Gasteiger partial charge in [-0.3, -0.25) is 0 Å². The molecule has 0 aromatic heterocycles. The van der Waals surface area contributed by atoms with Crippen molar-refractivity contribution in [2.45, 2.75) is 33.2 Å². The molecule has 0 aliphatic carbocycles. The highest BCUT2D eigenvalue weighted by molar-refractivity contribution is 5.21. The lowest BCUT2D eigenvalue weighted by atomic mass is 10.1. The molecule has 0 saturated carbocycles. The first kappa shape index (κ1) is 12.6. The van der Waals surface area contributed by atoms with E-state index in [2.05, 4.69) is 61.9 Å². The third kappa shape index (κ3) is 3.58. The predicted molar refractivity (Wildman–Crippen MR) is 71.1 cm³/mol. The van der Waals surface area contributed by atoms with E-state index in [1.54, 1.807) is 0 Å². The average molecular weight is 215 g/mol. The quantitative estimate of drug-likeness (QED) is 0.718. The van der Waals surface area contributed by atoms with E-state index in [0.717, 1.165) is 12.1 Å². The van der Waals surface area contributed by atoms with Crippen LogP contribution < -0.4 is 0 Å². The molecule has 0 aliphatic heterocycles. The smallest absolute Gasteiger partial charge is 0.0276 e. The van der Waals surface area contributed by atoms with Crippen LogP contribution in [0.15, 0.2) is 54.9 Å². The van der Waals surface area contributed by atoms with Gasteiger partial charge in [0.05, 0.1) is 0 Å². The molecule has 0 saturated heterocycles. The van der Waals surface area contributed by atoms with Crippen LogP contribution in [-0.2, 0) is 6.42 Å². The van der Waals surface area contributed by atoms with Gasteiger partial charge in [-0.2, -0.15) is 0 Å². The first-order valence-corrected chi connectivity index (χ1v) is 5.78. The molecule has 0 radical (unpaired) electrons. The van der Waals surface area contributed by atoms with E-state index >= 15 is 0 Å². The zero-order valence-corrected chi connectivity index (χ0v) is 10.5. The minimum absolute atomic E-state index is 0.451. The monoisotopic (exact) mass is 215 g/mol. The van der Waals surface area contributed by atoms with E-state index < -0.39 is 0 Å². The largest absolute Gasteiger partial charge is 0.350 e. The molecular weight excluding hydrogens is 194 g/mol. The molecule has 0 N–H and O–H groups in total. The molecule has 0 heterocycles. The molecule has 0 unspecified atom stereocenters. The highest BCUT2D eigenvalue weighted by atomic mass is 15.1. The molecule has 0 amide bonds. The van der Waals surface area contributed by atoms with E-state index in [4.69, 9.17) is 0 Å². The summed E-state index contributed by atoms with van der Waals surface area (Å²) in [6, 6.07) is 10.9. The van der Waals surface area contributed by atoms with Gasteiger partial charge < -0.3 is 4.90 Å². The van der Waals surface area contributed by atoms with E-state index in [1.807, 2.05) is 13.0 Å². The number of rotatable bonds is 5. The van der Waals surface area contributed by atoms with E-state index in [-0.39, 0.29) is 0 Å². The summed E-state index contributed by atoms with van der Waals surface area (Å²) in [6.45, 7) is 10.6. The van der Waals surface area contributed by atoms with Crippen LogP contribution in [0.3, 0.4) is 0 Å². The standard InChI is InChI=1S/C15H21N/c1-5-11-16(13(2)3)14(4)12-15-9-7-6-8-10-15/h5-11,13H,4,12H2,1-3H3/b11-5-. The molecule has 0 spiro atoms. The third-order valence-electron chi connectivity index (χ3n) is 2.48. The summed E-state index contributed by atoms with van der Waals surface area (Å²) in [6.07, 6.45) is 5.05. The molecule has 0 fully saturated rings. The van der Waals surface area contributed by atoms with Crippen LogP contribution >= 0.6 is 0 Å². The lowest BCUT2D eigenvalue weighted by Gasteiger charge is -2.27. The van der Waals surface area contributed by atoms with Crippen LogP contribution in [0, 0.1) is 0 Å². The molecule has 1 aromatic carbocycles. The van der Waals surface area contributed by atoms with Crippen molar-refractivity contribution in [1.82, 2.24) is 4.90 Å². The Morgan fingerprint density at radius 2 is 1.94 bits per heavy atom. The molecular formula is C15H21N. The normalized spacial score (nSPS) is 11.0. The Labute approximate surface area is 99.1 Å². The molecule has 16 heavy (non-hydrogen) atoms. The van der Waals surface area contributed by atoms with Crippen LogP contribution in [0.1, 0.15) is 26.3 Å². The fourth-order valence-corrected chi connectivity index (χ4v) is 1.73. The average Bonchev–Trinajstić information content (AvgIpc) is 2.26. The van der Waals surface area contributed by atoms with Crippen molar-refractivity contribution in [3.05, 3.63) is 60.4 Å². The Bertz CT molecular complexity index is 349. The Kier molecular flexibility index (Phi) is 4.84. The first-order chi connectivity index (χ1) is 7.65. The fourth-order valence-electron chi connectivity index (χ4n) is 1.73. The van der Waals surface area contributed by atoms with Gasteiger partial charge in [0, 0.05) is 18.2 Å².